The van der Waals surface area contributed by atoms with Gasteiger partial charge in [0.15, 0.2) is 0 Å². The summed E-state index contributed by atoms with van der Waals surface area (Å²) in [7, 11) is -1.83. The maximum absolute atomic E-state index is 13.2. The minimum absolute atomic E-state index is 0.305. The fourth-order valence-electron chi connectivity index (χ4n) is 4.79. The van der Waals surface area contributed by atoms with Crippen molar-refractivity contribution < 1.29 is 13.2 Å². The highest BCUT2D eigenvalue weighted by atomic mass is 32.2. The molecule has 2 aliphatic heterocycles. The van der Waals surface area contributed by atoms with E-state index in [9.17, 15) is 8.42 Å². The molecule has 0 aliphatic carbocycles. The normalized spacial score (nSPS) is 17.6. The van der Waals surface area contributed by atoms with Gasteiger partial charge >= 0.3 is 0 Å². The number of aryl methyl sites for hydroxylation is 1. The van der Waals surface area contributed by atoms with E-state index in [2.05, 4.69) is 41.2 Å². The molecule has 1 N–H and O–H groups in total. The number of hydrogen-bond acceptors (Lipinski definition) is 4. The van der Waals surface area contributed by atoms with Crippen molar-refractivity contribution in [2.24, 2.45) is 0 Å². The molecule has 0 radical (unpaired) electrons. The molecule has 1 spiro atoms. The number of aromatic nitrogens is 1. The second-order valence-electron chi connectivity index (χ2n) is 8.26. The lowest BCUT2D eigenvalue weighted by atomic mass is 9.83. The number of hydrogen-bond donors (Lipinski definition) is 1. The van der Waals surface area contributed by atoms with Gasteiger partial charge in [0.25, 0.3) is 0 Å². The average molecular weight is 438 g/mol. The summed E-state index contributed by atoms with van der Waals surface area (Å²) in [5, 5.41) is 3.73. The van der Waals surface area contributed by atoms with Gasteiger partial charge in [0.05, 0.1) is 28.9 Å². The van der Waals surface area contributed by atoms with Crippen molar-refractivity contribution in [1.29, 1.82) is 0 Å². The smallest absolute Gasteiger partial charge is 0.243 e. The van der Waals surface area contributed by atoms with Crippen molar-refractivity contribution in [2.75, 3.05) is 25.5 Å². The fraction of sp³-hybridized carbons (Fsp3) is 0.333. The largest absolute Gasteiger partial charge is 0.497 e. The fourth-order valence-corrected chi connectivity index (χ4v) is 6.23. The number of sulfonamides is 1. The predicted molar refractivity (Wildman–Crippen MR) is 121 cm³/mol. The summed E-state index contributed by atoms with van der Waals surface area (Å²) in [6.07, 6.45) is 4.35. The molecule has 6 nitrogen and oxygen atoms in total. The van der Waals surface area contributed by atoms with Crippen LogP contribution >= 0.6 is 0 Å². The summed E-state index contributed by atoms with van der Waals surface area (Å²) in [6.45, 7) is 3.00. The number of benzene rings is 2. The molecule has 31 heavy (non-hydrogen) atoms. The van der Waals surface area contributed by atoms with E-state index in [-0.39, 0.29) is 5.54 Å². The molecule has 3 heterocycles. The number of fused-ring (bicyclic) bond motifs is 4. The van der Waals surface area contributed by atoms with E-state index in [0.29, 0.717) is 30.8 Å². The van der Waals surface area contributed by atoms with Gasteiger partial charge in [-0.15, -0.1) is 0 Å². The quantitative estimate of drug-likeness (QED) is 0.666. The molecule has 162 valence electrons. The number of nitrogens with zero attached hydrogens (tertiary/aromatic N) is 2. The van der Waals surface area contributed by atoms with Crippen LogP contribution in [-0.2, 0) is 22.0 Å². The highest BCUT2D eigenvalue weighted by Gasteiger charge is 2.43. The Balaban J connectivity index is 1.43. The number of piperidine rings is 1. The highest BCUT2D eigenvalue weighted by molar-refractivity contribution is 7.89. The van der Waals surface area contributed by atoms with Crippen LogP contribution in [0.2, 0.25) is 0 Å². The summed E-state index contributed by atoms with van der Waals surface area (Å²) in [4.78, 5) is 0.371. The first-order valence-corrected chi connectivity index (χ1v) is 12.1. The molecule has 0 amide bonds. The van der Waals surface area contributed by atoms with Gasteiger partial charge in [0.1, 0.15) is 5.75 Å². The molecule has 1 saturated heterocycles. The molecule has 0 atom stereocenters. The first-order chi connectivity index (χ1) is 15.0. The van der Waals surface area contributed by atoms with Crippen LogP contribution in [0.3, 0.4) is 0 Å². The summed E-state index contributed by atoms with van der Waals surface area (Å²) >= 11 is 0. The van der Waals surface area contributed by atoms with E-state index in [1.165, 1.54) is 5.69 Å². The zero-order valence-corrected chi connectivity index (χ0v) is 18.7. The van der Waals surface area contributed by atoms with Crippen molar-refractivity contribution >= 4 is 15.7 Å². The van der Waals surface area contributed by atoms with E-state index in [4.69, 9.17) is 4.74 Å². The standard InChI is InChI=1S/C24H27N3O3S/c1-3-18-6-9-20(10-7-18)31(28,29)26-15-12-24(13-16-26)23-5-4-14-27(23)22-11-8-19(30-2)17-21(22)25-24/h4-11,14,17,25H,3,12-13,15-16H2,1-2H3. The third-order valence-corrected chi connectivity index (χ3v) is 8.53. The monoisotopic (exact) mass is 437 g/mol. The molecule has 2 aliphatic rings. The number of rotatable bonds is 4. The Hall–Kier alpha value is -2.77. The number of nitrogens with one attached hydrogen (secondary N) is 1. The first-order valence-electron chi connectivity index (χ1n) is 10.7. The molecule has 1 aromatic heterocycles. The predicted octanol–water partition coefficient (Wildman–Crippen LogP) is 4.15. The van der Waals surface area contributed by atoms with Gasteiger partial charge in [-0.05, 0) is 61.2 Å². The van der Waals surface area contributed by atoms with Crippen LogP contribution in [-0.4, -0.2) is 37.5 Å². The van der Waals surface area contributed by atoms with Gasteiger partial charge in [-0.3, -0.25) is 0 Å². The summed E-state index contributed by atoms with van der Waals surface area (Å²) in [6, 6.07) is 17.5. The Bertz CT molecular complexity index is 1210. The van der Waals surface area contributed by atoms with Crippen molar-refractivity contribution in [2.45, 2.75) is 36.6 Å². The molecule has 5 rings (SSSR count). The van der Waals surface area contributed by atoms with Crippen LogP contribution in [0.15, 0.2) is 65.7 Å². The van der Waals surface area contributed by atoms with Crippen LogP contribution in [0.25, 0.3) is 5.69 Å². The molecule has 0 unspecified atom stereocenters. The summed E-state index contributed by atoms with van der Waals surface area (Å²) in [5.41, 5.74) is 4.10. The van der Waals surface area contributed by atoms with Crippen LogP contribution in [0.1, 0.15) is 31.0 Å². The maximum atomic E-state index is 13.2. The number of anilines is 1. The minimum Gasteiger partial charge on any atom is -0.497 e. The van der Waals surface area contributed by atoms with Crippen molar-refractivity contribution in [3.05, 3.63) is 72.1 Å². The van der Waals surface area contributed by atoms with Crippen LogP contribution < -0.4 is 10.1 Å². The lowest BCUT2D eigenvalue weighted by Crippen LogP contribution is -2.50. The third kappa shape index (κ3) is 3.23. The Labute approximate surface area is 183 Å². The molecule has 2 aromatic carbocycles. The molecule has 0 bridgehead atoms. The van der Waals surface area contributed by atoms with Gasteiger partial charge in [-0.1, -0.05) is 19.1 Å². The van der Waals surface area contributed by atoms with Crippen LogP contribution in [0.4, 0.5) is 5.69 Å². The molecule has 7 heteroatoms. The second-order valence-corrected chi connectivity index (χ2v) is 10.2. The Morgan fingerprint density at radius 2 is 1.81 bits per heavy atom. The van der Waals surface area contributed by atoms with Crippen molar-refractivity contribution in [1.82, 2.24) is 8.87 Å². The molecular formula is C24H27N3O3S. The molecular weight excluding hydrogens is 410 g/mol. The van der Waals surface area contributed by atoms with E-state index in [0.717, 1.165) is 29.1 Å². The SMILES string of the molecule is CCc1ccc(S(=O)(=O)N2CCC3(CC2)Nc2cc(OC)ccc2-n2cccc23)cc1. The van der Waals surface area contributed by atoms with Gasteiger partial charge in [0, 0.05) is 31.0 Å². The van der Waals surface area contributed by atoms with E-state index < -0.39 is 10.0 Å². The van der Waals surface area contributed by atoms with Crippen molar-refractivity contribution in [3.8, 4) is 11.4 Å². The average Bonchev–Trinajstić information content (AvgIpc) is 3.30. The van der Waals surface area contributed by atoms with E-state index in [1.807, 2.05) is 24.3 Å². The molecule has 3 aromatic rings. The highest BCUT2D eigenvalue weighted by Crippen LogP contribution is 2.44. The minimum atomic E-state index is -3.50. The molecule has 0 saturated carbocycles. The number of methoxy groups -OCH3 is 1. The summed E-state index contributed by atoms with van der Waals surface area (Å²) in [5.74, 6) is 0.799. The first kappa shape index (κ1) is 20.2. The van der Waals surface area contributed by atoms with Crippen molar-refractivity contribution in [3.63, 3.8) is 0 Å². The lowest BCUT2D eigenvalue weighted by Gasteiger charge is -2.46. The van der Waals surface area contributed by atoms with Crippen LogP contribution in [0, 0.1) is 0 Å². The van der Waals surface area contributed by atoms with E-state index in [1.54, 1.807) is 23.5 Å². The van der Waals surface area contributed by atoms with E-state index >= 15 is 0 Å². The lowest BCUT2D eigenvalue weighted by molar-refractivity contribution is 0.247. The second kappa shape index (κ2) is 7.43. The van der Waals surface area contributed by atoms with Gasteiger partial charge in [-0.25, -0.2) is 8.42 Å². The number of ether oxygens (including phenoxy) is 1. The topological polar surface area (TPSA) is 63.6 Å². The summed E-state index contributed by atoms with van der Waals surface area (Å²) < 4.78 is 35.7. The Morgan fingerprint density at radius 3 is 2.48 bits per heavy atom. The van der Waals surface area contributed by atoms with Gasteiger partial charge < -0.3 is 14.6 Å². The Morgan fingerprint density at radius 1 is 1.06 bits per heavy atom. The Kier molecular flexibility index (Phi) is 4.83. The maximum Gasteiger partial charge on any atom is 0.243 e. The third-order valence-electron chi connectivity index (χ3n) is 6.62. The zero-order valence-electron chi connectivity index (χ0n) is 17.8. The zero-order chi connectivity index (χ0) is 21.6. The van der Waals surface area contributed by atoms with Gasteiger partial charge in [-0.2, -0.15) is 4.31 Å². The van der Waals surface area contributed by atoms with Crippen LogP contribution in [0.5, 0.6) is 5.75 Å². The molecule has 1 fully saturated rings. The van der Waals surface area contributed by atoms with Gasteiger partial charge in [0.2, 0.25) is 10.0 Å².